The summed E-state index contributed by atoms with van der Waals surface area (Å²) >= 11 is 0. The van der Waals surface area contributed by atoms with Gasteiger partial charge in [0.05, 0.1) is 36.8 Å². The SMILES string of the molecule is CC(=O)Nc1ccc2nc(Nc3ccc(S(N)(=O)=O)cc3)ncc2c1.NS(=O)(=O)c1ccc(Nc2ncc3cc(C(=O)O)ccc3n2)cc1.Nc1ccc2nc(Nc3ccc(S(N)(=O)=O)cc3)ncc2c1. The molecule has 6 aromatic carbocycles. The van der Waals surface area contributed by atoms with Crippen LogP contribution < -0.4 is 42.4 Å². The molecule has 0 spiro atoms. The number of nitrogens with one attached hydrogen (secondary N) is 4. The fourth-order valence-corrected chi connectivity index (χ4v) is 7.83. The van der Waals surface area contributed by atoms with E-state index in [-0.39, 0.29) is 26.2 Å². The number of carbonyl (C=O) groups excluding carboxylic acids is 1. The third-order valence-corrected chi connectivity index (χ3v) is 12.4. The van der Waals surface area contributed by atoms with E-state index in [1.165, 1.54) is 61.7 Å². The normalized spacial score (nSPS) is 11.4. The fourth-order valence-electron chi connectivity index (χ4n) is 6.28. The summed E-state index contributed by atoms with van der Waals surface area (Å²) in [7, 11) is -11.2. The second-order valence-corrected chi connectivity index (χ2v) is 19.7. The van der Waals surface area contributed by atoms with E-state index < -0.39 is 36.0 Å². The van der Waals surface area contributed by atoms with Crippen molar-refractivity contribution < 1.29 is 39.9 Å². The number of carboxylic acid groups (broad SMARTS) is 1. The van der Waals surface area contributed by atoms with Crippen LogP contribution in [0, 0.1) is 0 Å². The number of anilines is 8. The number of nitrogens with two attached hydrogens (primary N) is 4. The molecule has 0 radical (unpaired) electrons. The highest BCUT2D eigenvalue weighted by Gasteiger charge is 2.12. The molecule has 0 saturated carbocycles. The number of carboxylic acids is 1. The Labute approximate surface area is 404 Å². The van der Waals surface area contributed by atoms with Gasteiger partial charge < -0.3 is 32.1 Å². The molecular weight excluding hydrogens is 977 g/mol. The van der Waals surface area contributed by atoms with E-state index in [0.29, 0.717) is 62.7 Å². The lowest BCUT2D eigenvalue weighted by Gasteiger charge is -2.07. The molecule has 26 heteroatoms. The Hall–Kier alpha value is -8.79. The highest BCUT2D eigenvalue weighted by atomic mass is 32.2. The number of aromatic nitrogens is 6. The van der Waals surface area contributed by atoms with Crippen molar-refractivity contribution in [1.82, 2.24) is 29.9 Å². The molecule has 23 nitrogen and oxygen atoms in total. The van der Waals surface area contributed by atoms with Gasteiger partial charge in [-0.25, -0.2) is 75.4 Å². The second kappa shape index (κ2) is 20.8. The van der Waals surface area contributed by atoms with Gasteiger partial charge >= 0.3 is 5.97 Å². The Balaban J connectivity index is 0.000000157. The lowest BCUT2D eigenvalue weighted by Crippen LogP contribution is -2.11. The molecule has 3 heterocycles. The van der Waals surface area contributed by atoms with Crippen LogP contribution in [0.1, 0.15) is 17.3 Å². The number of primary sulfonamides is 3. The predicted molar refractivity (Wildman–Crippen MR) is 268 cm³/mol. The number of benzene rings is 6. The van der Waals surface area contributed by atoms with Gasteiger partial charge in [0.1, 0.15) is 0 Å². The number of amides is 1. The minimum atomic E-state index is -3.74. The maximum absolute atomic E-state index is 11.2. The summed E-state index contributed by atoms with van der Waals surface area (Å²) in [5, 5.41) is 38.0. The molecule has 0 aliphatic rings. The van der Waals surface area contributed by atoms with Gasteiger partial charge in [0.25, 0.3) is 0 Å². The summed E-state index contributed by atoms with van der Waals surface area (Å²) in [5.41, 5.74) is 11.1. The molecule has 0 aliphatic carbocycles. The number of fused-ring (bicyclic) bond motifs is 3. The van der Waals surface area contributed by atoms with Gasteiger partial charge in [0.15, 0.2) is 0 Å². The zero-order valence-corrected chi connectivity index (χ0v) is 39.2. The third-order valence-electron chi connectivity index (χ3n) is 9.65. The number of nitrogens with zero attached hydrogens (tertiary/aromatic N) is 6. The first-order valence-electron chi connectivity index (χ1n) is 20.3. The lowest BCUT2D eigenvalue weighted by molar-refractivity contribution is -0.114. The van der Waals surface area contributed by atoms with Gasteiger partial charge in [-0.2, -0.15) is 0 Å². The molecule has 0 fully saturated rings. The number of aromatic carboxylic acids is 1. The highest BCUT2D eigenvalue weighted by Crippen LogP contribution is 2.23. The quantitative estimate of drug-likeness (QED) is 0.0742. The number of rotatable bonds is 11. The van der Waals surface area contributed by atoms with Crippen LogP contribution in [0.5, 0.6) is 0 Å². The Kier molecular flexibility index (Phi) is 14.7. The van der Waals surface area contributed by atoms with Crippen molar-refractivity contribution in [3.05, 3.63) is 152 Å². The Morgan fingerprint density at radius 2 is 0.803 bits per heavy atom. The van der Waals surface area contributed by atoms with Crippen molar-refractivity contribution in [2.24, 2.45) is 15.4 Å². The molecule has 0 atom stereocenters. The zero-order valence-electron chi connectivity index (χ0n) is 36.8. The van der Waals surface area contributed by atoms with E-state index in [0.717, 1.165) is 16.3 Å². The molecule has 0 unspecified atom stereocenters. The molecule has 13 N–H and O–H groups in total. The van der Waals surface area contributed by atoms with Gasteiger partial charge in [-0.05, 0) is 127 Å². The van der Waals surface area contributed by atoms with Gasteiger partial charge in [-0.3, -0.25) is 4.79 Å². The van der Waals surface area contributed by atoms with Gasteiger partial charge in [-0.15, -0.1) is 0 Å². The number of hydrogen-bond acceptors (Lipinski definition) is 18. The molecule has 362 valence electrons. The van der Waals surface area contributed by atoms with E-state index in [2.05, 4.69) is 51.2 Å². The summed E-state index contributed by atoms with van der Waals surface area (Å²) in [5.74, 6) is -0.103. The van der Waals surface area contributed by atoms with Crippen LogP contribution in [0.4, 0.5) is 46.3 Å². The van der Waals surface area contributed by atoms with E-state index in [4.69, 9.17) is 26.3 Å². The largest absolute Gasteiger partial charge is 0.478 e. The van der Waals surface area contributed by atoms with Crippen molar-refractivity contribution in [1.29, 1.82) is 0 Å². The van der Waals surface area contributed by atoms with Crippen molar-refractivity contribution >= 4 is 121 Å². The molecule has 0 saturated heterocycles. The fraction of sp³-hybridized carbons (Fsp3) is 0.0222. The topological polar surface area (TPSA) is 386 Å². The summed E-state index contributed by atoms with van der Waals surface area (Å²) in [6, 6.07) is 33.0. The standard InChI is InChI=1S/C16H15N5O3S.C15H12N4O4S.C14H13N5O2S/c1-10(22)19-13-4-7-15-11(8-13)9-18-16(21-15)20-12-2-5-14(6-3-12)25(17,23)24;16-24(22,23)12-4-2-11(3-5-12)18-15-17-8-10-7-9(14(20)21)1-6-13(10)19-15;15-10-1-6-13-9(7-10)8-17-14(19-13)18-11-2-4-12(5-3-11)22(16,20)21/h2-9H,1H3,(H,19,22)(H2,17,23,24)(H,18,20,21);1-8H,(H,20,21)(H2,16,22,23)(H,17,18,19);1-8H,15H2,(H2,16,20,21)(H,17,18,19). The van der Waals surface area contributed by atoms with Crippen LogP contribution in [-0.2, 0) is 34.9 Å². The van der Waals surface area contributed by atoms with Crippen LogP contribution in [0.3, 0.4) is 0 Å². The first-order chi connectivity index (χ1) is 33.5. The van der Waals surface area contributed by atoms with E-state index >= 15 is 0 Å². The van der Waals surface area contributed by atoms with Crippen LogP contribution >= 0.6 is 0 Å². The summed E-state index contributed by atoms with van der Waals surface area (Å²) < 4.78 is 67.3. The number of sulfonamides is 3. The molecule has 0 bridgehead atoms. The minimum absolute atomic E-state index is 0.00804. The molecule has 9 aromatic rings. The zero-order chi connectivity index (χ0) is 51.1. The number of hydrogen-bond donors (Lipinski definition) is 9. The van der Waals surface area contributed by atoms with Crippen LogP contribution in [0.2, 0.25) is 0 Å². The number of carbonyl (C=O) groups is 2. The van der Waals surface area contributed by atoms with E-state index in [1.54, 1.807) is 85.2 Å². The van der Waals surface area contributed by atoms with Crippen LogP contribution in [0.25, 0.3) is 32.7 Å². The summed E-state index contributed by atoms with van der Waals surface area (Å²) in [4.78, 5) is 47.7. The highest BCUT2D eigenvalue weighted by molar-refractivity contribution is 7.89. The van der Waals surface area contributed by atoms with Crippen molar-refractivity contribution in [3.8, 4) is 0 Å². The van der Waals surface area contributed by atoms with Crippen LogP contribution in [-0.4, -0.2) is 72.1 Å². The van der Waals surface area contributed by atoms with Gasteiger partial charge in [0, 0.05) is 70.1 Å². The first kappa shape index (κ1) is 50.1. The minimum Gasteiger partial charge on any atom is -0.478 e. The van der Waals surface area contributed by atoms with Crippen LogP contribution in [0.15, 0.2) is 161 Å². The maximum atomic E-state index is 11.2. The van der Waals surface area contributed by atoms with E-state index in [1.807, 2.05) is 6.07 Å². The third kappa shape index (κ3) is 13.7. The summed E-state index contributed by atoms with van der Waals surface area (Å²) in [6.45, 7) is 1.44. The average molecular weight is 1020 g/mol. The van der Waals surface area contributed by atoms with Crippen molar-refractivity contribution in [2.75, 3.05) is 27.0 Å². The Bertz CT molecular complexity index is 3820. The Morgan fingerprint density at radius 1 is 0.465 bits per heavy atom. The Morgan fingerprint density at radius 3 is 1.17 bits per heavy atom. The monoisotopic (exact) mass is 1020 g/mol. The van der Waals surface area contributed by atoms with E-state index in [9.17, 15) is 34.8 Å². The van der Waals surface area contributed by atoms with Crippen molar-refractivity contribution in [3.63, 3.8) is 0 Å². The molecule has 1 amide bonds. The maximum Gasteiger partial charge on any atom is 0.335 e. The average Bonchev–Trinajstić information content (AvgIpc) is 3.31. The number of nitrogen functional groups attached to an aromatic ring is 1. The molecule has 3 aromatic heterocycles. The molecule has 71 heavy (non-hydrogen) atoms. The molecule has 0 aliphatic heterocycles. The second-order valence-electron chi connectivity index (χ2n) is 15.0. The predicted octanol–water partition coefficient (Wildman–Crippen LogP) is 5.30. The van der Waals surface area contributed by atoms with Crippen molar-refractivity contribution in [2.45, 2.75) is 21.6 Å². The lowest BCUT2D eigenvalue weighted by atomic mass is 10.1. The smallest absolute Gasteiger partial charge is 0.335 e. The first-order valence-corrected chi connectivity index (χ1v) is 25.0. The molecular formula is C45H40N14O9S3. The molecule has 9 rings (SSSR count). The van der Waals surface area contributed by atoms with Gasteiger partial charge in [0.2, 0.25) is 53.8 Å². The summed E-state index contributed by atoms with van der Waals surface area (Å²) in [6.07, 6.45) is 4.81. The van der Waals surface area contributed by atoms with Gasteiger partial charge in [-0.1, -0.05) is 0 Å².